The lowest BCUT2D eigenvalue weighted by Crippen LogP contribution is -2.26. The summed E-state index contributed by atoms with van der Waals surface area (Å²) in [5.74, 6) is 1.00. The van der Waals surface area contributed by atoms with Gasteiger partial charge in [0.05, 0.1) is 6.61 Å². The lowest BCUT2D eigenvalue weighted by atomic mass is 9.87. The van der Waals surface area contributed by atoms with Crippen LogP contribution in [-0.4, -0.2) is 13.2 Å². The number of hydrogen-bond donors (Lipinski definition) is 1. The fourth-order valence-corrected chi connectivity index (χ4v) is 2.77. The molecule has 0 aromatic heterocycles. The maximum atomic E-state index is 5.99. The van der Waals surface area contributed by atoms with Gasteiger partial charge in [-0.15, -0.1) is 0 Å². The van der Waals surface area contributed by atoms with Gasteiger partial charge < -0.3 is 10.5 Å². The minimum absolute atomic E-state index is 0.124. The highest BCUT2D eigenvalue weighted by molar-refractivity contribution is 5.47. The topological polar surface area (TPSA) is 35.2 Å². The molecule has 0 heterocycles. The molecular formula is C14H21NO. The second-order valence-corrected chi connectivity index (χ2v) is 5.28. The first kappa shape index (κ1) is 11.5. The van der Waals surface area contributed by atoms with Crippen LogP contribution in [0.4, 0.5) is 0 Å². The normalized spacial score (nSPS) is 26.5. The molecule has 0 amide bonds. The largest absolute Gasteiger partial charge is 0.494 e. The van der Waals surface area contributed by atoms with E-state index in [1.807, 2.05) is 19.1 Å². The van der Waals surface area contributed by atoms with Crippen LogP contribution < -0.4 is 10.5 Å². The zero-order valence-electron chi connectivity index (χ0n) is 10.4. The molecule has 0 aliphatic heterocycles. The minimum Gasteiger partial charge on any atom is -0.494 e. The molecule has 88 valence electrons. The monoisotopic (exact) mass is 219 g/mol. The van der Waals surface area contributed by atoms with E-state index in [0.29, 0.717) is 18.6 Å². The number of rotatable bonds is 4. The number of nitrogens with two attached hydrogens (primary N) is 1. The van der Waals surface area contributed by atoms with Crippen LogP contribution >= 0.6 is 0 Å². The molecule has 2 nitrogen and oxygen atoms in total. The zero-order valence-corrected chi connectivity index (χ0v) is 10.4. The Bertz CT molecular complexity index is 386. The Balaban J connectivity index is 2.40. The molecule has 16 heavy (non-hydrogen) atoms. The SMILES string of the molecule is CCOc1ccccc1C1(CN)CC1(C)C. The van der Waals surface area contributed by atoms with Crippen molar-refractivity contribution in [1.29, 1.82) is 0 Å². The summed E-state index contributed by atoms with van der Waals surface area (Å²) in [6.45, 7) is 7.98. The van der Waals surface area contributed by atoms with Crippen LogP contribution in [0.3, 0.4) is 0 Å². The third kappa shape index (κ3) is 1.52. The smallest absolute Gasteiger partial charge is 0.123 e. The third-order valence-corrected chi connectivity index (χ3v) is 3.97. The van der Waals surface area contributed by atoms with E-state index in [-0.39, 0.29) is 5.41 Å². The van der Waals surface area contributed by atoms with Crippen molar-refractivity contribution < 1.29 is 4.74 Å². The van der Waals surface area contributed by atoms with Crippen molar-refractivity contribution >= 4 is 0 Å². The molecule has 1 unspecified atom stereocenters. The Morgan fingerprint density at radius 3 is 2.44 bits per heavy atom. The summed E-state index contributed by atoms with van der Waals surface area (Å²) in [5, 5.41) is 0. The molecule has 1 aliphatic carbocycles. The molecule has 2 N–H and O–H groups in total. The summed E-state index contributed by atoms with van der Waals surface area (Å²) in [4.78, 5) is 0. The van der Waals surface area contributed by atoms with Gasteiger partial charge in [-0.2, -0.15) is 0 Å². The Morgan fingerprint density at radius 1 is 1.31 bits per heavy atom. The molecule has 2 heteroatoms. The minimum atomic E-state index is 0.124. The van der Waals surface area contributed by atoms with Gasteiger partial charge in [0.25, 0.3) is 0 Å². The molecule has 0 saturated heterocycles. The Kier molecular flexibility index (Phi) is 2.70. The van der Waals surface area contributed by atoms with Crippen molar-refractivity contribution in [3.63, 3.8) is 0 Å². The maximum absolute atomic E-state index is 5.99. The first-order valence-electron chi connectivity index (χ1n) is 6.00. The van der Waals surface area contributed by atoms with Crippen molar-refractivity contribution in [3.05, 3.63) is 29.8 Å². The van der Waals surface area contributed by atoms with Gasteiger partial charge in [-0.1, -0.05) is 32.0 Å². The zero-order chi connectivity index (χ0) is 11.8. The van der Waals surface area contributed by atoms with Crippen LogP contribution in [0, 0.1) is 5.41 Å². The fourth-order valence-electron chi connectivity index (χ4n) is 2.77. The number of benzene rings is 1. The van der Waals surface area contributed by atoms with Gasteiger partial charge in [0.15, 0.2) is 0 Å². The highest BCUT2D eigenvalue weighted by atomic mass is 16.5. The van der Waals surface area contributed by atoms with Gasteiger partial charge in [-0.3, -0.25) is 0 Å². The predicted octanol–water partition coefficient (Wildman–Crippen LogP) is 2.71. The van der Waals surface area contributed by atoms with E-state index in [0.717, 1.165) is 12.2 Å². The van der Waals surface area contributed by atoms with Gasteiger partial charge in [0.2, 0.25) is 0 Å². The summed E-state index contributed by atoms with van der Waals surface area (Å²) in [6.07, 6.45) is 1.15. The van der Waals surface area contributed by atoms with Gasteiger partial charge in [0, 0.05) is 17.5 Å². The molecule has 1 aromatic rings. The molecule has 2 rings (SSSR count). The summed E-state index contributed by atoms with van der Waals surface area (Å²) in [7, 11) is 0. The van der Waals surface area contributed by atoms with Crippen LogP contribution in [0.2, 0.25) is 0 Å². The molecule has 1 aromatic carbocycles. The molecule has 1 fully saturated rings. The van der Waals surface area contributed by atoms with E-state index in [9.17, 15) is 0 Å². The van der Waals surface area contributed by atoms with E-state index < -0.39 is 0 Å². The highest BCUT2D eigenvalue weighted by Crippen LogP contribution is 2.65. The van der Waals surface area contributed by atoms with Gasteiger partial charge >= 0.3 is 0 Å². The van der Waals surface area contributed by atoms with Gasteiger partial charge in [-0.25, -0.2) is 0 Å². The van der Waals surface area contributed by atoms with Crippen LogP contribution in [-0.2, 0) is 5.41 Å². The third-order valence-electron chi connectivity index (χ3n) is 3.97. The molecule has 1 atom stereocenters. The number of ether oxygens (including phenoxy) is 1. The molecule has 0 spiro atoms. The Labute approximate surface area is 97.8 Å². The van der Waals surface area contributed by atoms with E-state index in [1.54, 1.807) is 0 Å². The van der Waals surface area contributed by atoms with Crippen molar-refractivity contribution in [3.8, 4) is 5.75 Å². The van der Waals surface area contributed by atoms with Gasteiger partial charge in [0.1, 0.15) is 5.75 Å². The van der Waals surface area contributed by atoms with Crippen LogP contribution in [0.1, 0.15) is 32.8 Å². The second kappa shape index (κ2) is 3.77. The van der Waals surface area contributed by atoms with Crippen LogP contribution in [0.15, 0.2) is 24.3 Å². The quantitative estimate of drug-likeness (QED) is 0.845. The van der Waals surface area contributed by atoms with E-state index in [1.165, 1.54) is 5.56 Å². The first-order valence-corrected chi connectivity index (χ1v) is 6.00. The molecule has 0 radical (unpaired) electrons. The highest BCUT2D eigenvalue weighted by Gasteiger charge is 2.61. The van der Waals surface area contributed by atoms with E-state index >= 15 is 0 Å². The van der Waals surface area contributed by atoms with Crippen molar-refractivity contribution in [1.82, 2.24) is 0 Å². The lowest BCUT2D eigenvalue weighted by Gasteiger charge is -2.22. The first-order chi connectivity index (χ1) is 7.57. The fraction of sp³-hybridized carbons (Fsp3) is 0.571. The average molecular weight is 219 g/mol. The second-order valence-electron chi connectivity index (χ2n) is 5.28. The summed E-state index contributed by atoms with van der Waals surface area (Å²) < 4.78 is 5.70. The van der Waals surface area contributed by atoms with E-state index in [4.69, 9.17) is 10.5 Å². The predicted molar refractivity (Wildman–Crippen MR) is 66.7 cm³/mol. The summed E-state index contributed by atoms with van der Waals surface area (Å²) >= 11 is 0. The average Bonchev–Trinajstić information content (AvgIpc) is 2.83. The number of hydrogen-bond acceptors (Lipinski definition) is 2. The van der Waals surface area contributed by atoms with Crippen LogP contribution in [0.25, 0.3) is 0 Å². The van der Waals surface area contributed by atoms with Gasteiger partial charge in [-0.05, 0) is 24.8 Å². The summed E-state index contributed by atoms with van der Waals surface area (Å²) in [6, 6.07) is 8.30. The molecular weight excluding hydrogens is 198 g/mol. The Hall–Kier alpha value is -1.02. The number of para-hydroxylation sites is 1. The maximum Gasteiger partial charge on any atom is 0.123 e. The van der Waals surface area contributed by atoms with Crippen molar-refractivity contribution in [2.75, 3.05) is 13.2 Å². The lowest BCUT2D eigenvalue weighted by molar-refractivity contribution is 0.329. The Morgan fingerprint density at radius 2 is 1.94 bits per heavy atom. The molecule has 0 bridgehead atoms. The molecule has 1 saturated carbocycles. The standard InChI is InChI=1S/C14H21NO/c1-4-16-12-8-6-5-7-11(12)14(10-15)9-13(14,2)3/h5-8H,4,9-10,15H2,1-3H3. The van der Waals surface area contributed by atoms with Crippen molar-refractivity contribution in [2.24, 2.45) is 11.1 Å². The van der Waals surface area contributed by atoms with Crippen LogP contribution in [0.5, 0.6) is 5.75 Å². The summed E-state index contributed by atoms with van der Waals surface area (Å²) in [5.41, 5.74) is 7.69. The van der Waals surface area contributed by atoms with Crippen molar-refractivity contribution in [2.45, 2.75) is 32.6 Å². The van der Waals surface area contributed by atoms with E-state index in [2.05, 4.69) is 26.0 Å². The molecule has 1 aliphatic rings.